The lowest BCUT2D eigenvalue weighted by molar-refractivity contribution is 0.487. The van der Waals surface area contributed by atoms with Gasteiger partial charge in [0.2, 0.25) is 5.95 Å². The van der Waals surface area contributed by atoms with Crippen molar-refractivity contribution in [3.05, 3.63) is 218 Å². The smallest absolute Gasteiger partial charge is 0.235 e. The van der Waals surface area contributed by atoms with Crippen LogP contribution in [-0.4, -0.2) is 19.1 Å². The Morgan fingerprint density at radius 3 is 1.80 bits per heavy atom. The van der Waals surface area contributed by atoms with E-state index in [0.29, 0.717) is 5.95 Å². The van der Waals surface area contributed by atoms with Gasteiger partial charge in [-0.2, -0.15) is 0 Å². The zero-order valence-corrected chi connectivity index (χ0v) is 35.0. The summed E-state index contributed by atoms with van der Waals surface area (Å²) in [6, 6.07) is 77.8. The lowest BCUT2D eigenvalue weighted by Crippen LogP contribution is -2.04. The molecule has 302 valence electrons. The summed E-state index contributed by atoms with van der Waals surface area (Å²) in [5.74, 6) is 2.27. The van der Waals surface area contributed by atoms with Gasteiger partial charge < -0.3 is 9.30 Å². The Hall–Kier alpha value is -8.80. The fourth-order valence-corrected chi connectivity index (χ4v) is 10.4. The summed E-state index contributed by atoms with van der Waals surface area (Å²) >= 11 is 0. The van der Waals surface area contributed by atoms with E-state index in [1.54, 1.807) is 0 Å². The number of benzene rings is 10. The summed E-state index contributed by atoms with van der Waals surface area (Å²) in [4.78, 5) is 10.9. The average Bonchev–Trinajstić information content (AvgIpc) is 3.89. The lowest BCUT2D eigenvalue weighted by Gasteiger charge is -2.22. The summed E-state index contributed by atoms with van der Waals surface area (Å²) in [6.45, 7) is 0. The van der Waals surface area contributed by atoms with E-state index in [1.165, 1.54) is 27.4 Å². The van der Waals surface area contributed by atoms with Crippen LogP contribution in [0.5, 0.6) is 11.5 Å². The Morgan fingerprint density at radius 2 is 0.938 bits per heavy atom. The molecule has 0 fully saturated rings. The largest absolute Gasteiger partial charge is 0.456 e. The van der Waals surface area contributed by atoms with E-state index in [0.717, 1.165) is 99.7 Å². The Bertz CT molecular complexity index is 4090. The van der Waals surface area contributed by atoms with Crippen molar-refractivity contribution < 1.29 is 4.74 Å². The molecule has 0 spiro atoms. The topological polar surface area (TPSA) is 44.9 Å². The first-order valence-electron chi connectivity index (χ1n) is 22.1. The third kappa shape index (κ3) is 5.39. The fraction of sp³-hybridized carbons (Fsp3) is 0. The minimum atomic E-state index is 0.602. The van der Waals surface area contributed by atoms with Gasteiger partial charge in [-0.25, -0.2) is 9.97 Å². The predicted molar refractivity (Wildman–Crippen MR) is 268 cm³/mol. The normalized spacial score (nSPS) is 12.1. The average molecular weight is 829 g/mol. The Balaban J connectivity index is 1.04. The molecule has 5 nitrogen and oxygen atoms in total. The van der Waals surface area contributed by atoms with E-state index < -0.39 is 0 Å². The molecule has 14 rings (SSSR count). The number of hydrogen-bond donors (Lipinski definition) is 0. The van der Waals surface area contributed by atoms with Gasteiger partial charge in [0.05, 0.1) is 33.3 Å². The Kier molecular flexibility index (Phi) is 7.62. The van der Waals surface area contributed by atoms with Crippen LogP contribution >= 0.6 is 0 Å². The highest BCUT2D eigenvalue weighted by molar-refractivity contribution is 6.26. The molecule has 10 aromatic carbocycles. The van der Waals surface area contributed by atoms with Crippen LogP contribution in [0.25, 0.3) is 122 Å². The first-order chi connectivity index (χ1) is 32.2. The fourth-order valence-electron chi connectivity index (χ4n) is 10.4. The molecule has 3 aromatic heterocycles. The van der Waals surface area contributed by atoms with Crippen LogP contribution in [0.3, 0.4) is 0 Å². The van der Waals surface area contributed by atoms with Gasteiger partial charge in [0, 0.05) is 55.2 Å². The van der Waals surface area contributed by atoms with Gasteiger partial charge in [0.15, 0.2) is 0 Å². The highest BCUT2D eigenvalue weighted by atomic mass is 16.5. The van der Waals surface area contributed by atoms with Crippen LogP contribution in [0.15, 0.2) is 218 Å². The summed E-state index contributed by atoms with van der Waals surface area (Å²) in [5, 5.41) is 7.94. The van der Waals surface area contributed by atoms with Crippen molar-refractivity contribution in [2.75, 3.05) is 0 Å². The van der Waals surface area contributed by atoms with E-state index in [2.05, 4.69) is 221 Å². The molecule has 0 saturated heterocycles. The van der Waals surface area contributed by atoms with E-state index >= 15 is 0 Å². The quantitative estimate of drug-likeness (QED) is 0.174. The van der Waals surface area contributed by atoms with Crippen molar-refractivity contribution in [3.8, 4) is 67.8 Å². The van der Waals surface area contributed by atoms with Crippen molar-refractivity contribution in [3.63, 3.8) is 0 Å². The maximum atomic E-state index is 6.81. The number of para-hydroxylation sites is 4. The monoisotopic (exact) mass is 828 g/mol. The molecule has 0 N–H and O–H groups in total. The van der Waals surface area contributed by atoms with Crippen LogP contribution in [0.1, 0.15) is 0 Å². The second-order valence-corrected chi connectivity index (χ2v) is 16.9. The van der Waals surface area contributed by atoms with Crippen LogP contribution in [0.2, 0.25) is 0 Å². The van der Waals surface area contributed by atoms with Crippen molar-refractivity contribution in [1.29, 1.82) is 0 Å². The van der Waals surface area contributed by atoms with Crippen molar-refractivity contribution in [2.45, 2.75) is 0 Å². The number of hydrogen-bond acceptors (Lipinski definition) is 3. The predicted octanol–water partition coefficient (Wildman–Crippen LogP) is 15.8. The number of rotatable bonds is 5. The molecule has 65 heavy (non-hydrogen) atoms. The maximum Gasteiger partial charge on any atom is 0.235 e. The van der Waals surface area contributed by atoms with Gasteiger partial charge in [0.25, 0.3) is 0 Å². The third-order valence-electron chi connectivity index (χ3n) is 13.3. The number of nitrogens with zero attached hydrogens (tertiary/aromatic N) is 4. The van der Waals surface area contributed by atoms with Gasteiger partial charge in [-0.3, -0.25) is 4.57 Å². The molecular formula is C60H36N4O. The zero-order valence-electron chi connectivity index (χ0n) is 35.0. The molecule has 0 amide bonds. The van der Waals surface area contributed by atoms with E-state index in [4.69, 9.17) is 14.7 Å². The zero-order chi connectivity index (χ0) is 42.6. The number of fused-ring (bicyclic) bond motifs is 10. The van der Waals surface area contributed by atoms with Gasteiger partial charge >= 0.3 is 0 Å². The second-order valence-electron chi connectivity index (χ2n) is 16.9. The first-order valence-corrected chi connectivity index (χ1v) is 22.1. The van der Waals surface area contributed by atoms with E-state index in [1.807, 2.05) is 6.07 Å². The minimum absolute atomic E-state index is 0.602. The Morgan fingerprint density at radius 1 is 0.323 bits per heavy atom. The summed E-state index contributed by atoms with van der Waals surface area (Å²) in [6.07, 6.45) is 0. The van der Waals surface area contributed by atoms with Crippen molar-refractivity contribution in [1.82, 2.24) is 19.1 Å². The molecule has 5 heteroatoms. The van der Waals surface area contributed by atoms with Crippen LogP contribution in [-0.2, 0) is 0 Å². The number of aromatic nitrogens is 4. The molecule has 0 bridgehead atoms. The molecular weight excluding hydrogens is 793 g/mol. The lowest BCUT2D eigenvalue weighted by atomic mass is 9.92. The highest BCUT2D eigenvalue weighted by Crippen LogP contribution is 2.51. The molecule has 0 radical (unpaired) electrons. The molecule has 0 unspecified atom stereocenters. The summed E-state index contributed by atoms with van der Waals surface area (Å²) in [5.41, 5.74) is 15.2. The molecule has 0 aliphatic carbocycles. The van der Waals surface area contributed by atoms with Gasteiger partial charge in [-0.05, 0) is 93.9 Å². The summed E-state index contributed by atoms with van der Waals surface area (Å²) in [7, 11) is 0. The maximum absolute atomic E-state index is 6.81. The minimum Gasteiger partial charge on any atom is -0.456 e. The summed E-state index contributed by atoms with van der Waals surface area (Å²) < 4.78 is 11.4. The molecule has 0 saturated carbocycles. The van der Waals surface area contributed by atoms with Crippen LogP contribution in [0, 0.1) is 0 Å². The Labute approximate surface area is 373 Å². The van der Waals surface area contributed by atoms with Crippen LogP contribution < -0.4 is 4.74 Å². The molecule has 13 aromatic rings. The molecule has 1 aliphatic heterocycles. The third-order valence-corrected chi connectivity index (χ3v) is 13.3. The second kappa shape index (κ2) is 13.9. The molecule has 0 atom stereocenters. The van der Waals surface area contributed by atoms with Gasteiger partial charge in [-0.15, -0.1) is 0 Å². The van der Waals surface area contributed by atoms with E-state index in [9.17, 15) is 0 Å². The standard InChI is InChI=1S/C60H36N4O/c1-3-15-37(16-4-1)38-17-13-18-41(33-38)59-46-23-7-10-26-50(46)61-60(62-59)64-53-32-30-40(39-29-31-52-48(34-39)43-21-8-11-27-51(43)63(52)42-19-5-2-6-20-42)35-49(53)57-47-25-14-24-45-44-22-9-12-28-55(44)65-56(58(45)47)36-54(57)64/h1-36H. The van der Waals surface area contributed by atoms with Gasteiger partial charge in [-0.1, -0.05) is 152 Å². The van der Waals surface area contributed by atoms with Crippen LogP contribution in [0.4, 0.5) is 0 Å². The number of ether oxygens (including phenoxy) is 1. The molecule has 4 heterocycles. The van der Waals surface area contributed by atoms with Crippen molar-refractivity contribution >= 4 is 65.3 Å². The highest BCUT2D eigenvalue weighted by Gasteiger charge is 2.26. The molecule has 1 aliphatic rings. The van der Waals surface area contributed by atoms with Crippen molar-refractivity contribution in [2.24, 2.45) is 0 Å². The first kappa shape index (κ1) is 35.8. The van der Waals surface area contributed by atoms with Gasteiger partial charge in [0.1, 0.15) is 11.5 Å². The SMILES string of the molecule is c1ccc(-c2cccc(-c3nc(-n4c5ccc(-c6ccc7c(c6)c6ccccc6n7-c6ccccc6)cc5c5c6cccc7c6c(cc54)Oc4ccccc4-7)nc4ccccc34)c2)cc1. The van der Waals surface area contributed by atoms with E-state index in [-0.39, 0.29) is 0 Å².